The third-order valence-corrected chi connectivity index (χ3v) is 2.57. The van der Waals surface area contributed by atoms with Crippen molar-refractivity contribution in [2.24, 2.45) is 0 Å². The van der Waals surface area contributed by atoms with E-state index in [1.165, 1.54) is 4.90 Å². The molecule has 0 unspecified atom stereocenters. The van der Waals surface area contributed by atoms with Crippen molar-refractivity contribution in [2.45, 2.75) is 19.9 Å². The molecule has 20 heavy (non-hydrogen) atoms. The number of carboxylic acids is 1. The number of nitrogens with one attached hydrogen (secondary N) is 1. The second-order valence-electron chi connectivity index (χ2n) is 4.12. The van der Waals surface area contributed by atoms with Gasteiger partial charge < -0.3 is 20.1 Å². The van der Waals surface area contributed by atoms with Gasteiger partial charge in [0.05, 0.1) is 13.0 Å². The Morgan fingerprint density at radius 2 is 2.25 bits per heavy atom. The van der Waals surface area contributed by atoms with Crippen LogP contribution in [0.25, 0.3) is 0 Å². The highest BCUT2D eigenvalue weighted by molar-refractivity contribution is 5.75. The second-order valence-corrected chi connectivity index (χ2v) is 4.12. The first kappa shape index (κ1) is 15.7. The number of carbonyl (C=O) groups is 2. The minimum absolute atomic E-state index is 0.0823. The molecule has 1 aromatic rings. The SMILES string of the molecule is CCOc1ncccc1CNC(=O)N(C)CCC(=O)O. The van der Waals surface area contributed by atoms with Gasteiger partial charge in [0.1, 0.15) is 0 Å². The highest BCUT2D eigenvalue weighted by Gasteiger charge is 2.11. The fourth-order valence-electron chi connectivity index (χ4n) is 1.50. The van der Waals surface area contributed by atoms with E-state index in [4.69, 9.17) is 9.84 Å². The van der Waals surface area contributed by atoms with Gasteiger partial charge in [-0.05, 0) is 13.0 Å². The molecule has 7 nitrogen and oxygen atoms in total. The average Bonchev–Trinajstić information content (AvgIpc) is 2.43. The van der Waals surface area contributed by atoms with Crippen molar-refractivity contribution in [2.75, 3.05) is 20.2 Å². The van der Waals surface area contributed by atoms with Gasteiger partial charge in [0.25, 0.3) is 0 Å². The fraction of sp³-hybridized carbons (Fsp3) is 0.462. The van der Waals surface area contributed by atoms with E-state index in [1.54, 1.807) is 19.3 Å². The monoisotopic (exact) mass is 281 g/mol. The fourth-order valence-corrected chi connectivity index (χ4v) is 1.50. The van der Waals surface area contributed by atoms with E-state index in [0.717, 1.165) is 5.56 Å². The smallest absolute Gasteiger partial charge is 0.317 e. The molecule has 0 spiro atoms. The van der Waals surface area contributed by atoms with E-state index >= 15 is 0 Å². The predicted octanol–water partition coefficient (Wildman–Crippen LogP) is 1.10. The molecule has 7 heteroatoms. The van der Waals surface area contributed by atoms with Crippen LogP contribution in [0.3, 0.4) is 0 Å². The summed E-state index contributed by atoms with van der Waals surface area (Å²) in [6, 6.07) is 3.24. The summed E-state index contributed by atoms with van der Waals surface area (Å²) in [7, 11) is 1.55. The summed E-state index contributed by atoms with van der Waals surface area (Å²) in [6.45, 7) is 2.79. The van der Waals surface area contributed by atoms with Crippen LogP contribution in [0.5, 0.6) is 5.88 Å². The Bertz CT molecular complexity index is 465. The number of rotatable bonds is 7. The van der Waals surface area contributed by atoms with Gasteiger partial charge in [-0.25, -0.2) is 9.78 Å². The van der Waals surface area contributed by atoms with Gasteiger partial charge in [-0.15, -0.1) is 0 Å². The molecular weight excluding hydrogens is 262 g/mol. The number of hydrogen-bond acceptors (Lipinski definition) is 4. The minimum Gasteiger partial charge on any atom is -0.481 e. The van der Waals surface area contributed by atoms with Crippen molar-refractivity contribution in [3.8, 4) is 5.88 Å². The molecule has 0 bridgehead atoms. The quantitative estimate of drug-likeness (QED) is 0.780. The standard InChI is InChI=1S/C13H19N3O4/c1-3-20-12-10(5-4-7-14-12)9-15-13(19)16(2)8-6-11(17)18/h4-5,7H,3,6,8-9H2,1-2H3,(H,15,19)(H,17,18). The minimum atomic E-state index is -0.935. The summed E-state index contributed by atoms with van der Waals surface area (Å²) >= 11 is 0. The number of carboxylic acid groups (broad SMARTS) is 1. The lowest BCUT2D eigenvalue weighted by atomic mass is 10.2. The van der Waals surface area contributed by atoms with Gasteiger partial charge in [-0.2, -0.15) is 0 Å². The molecule has 0 saturated heterocycles. The van der Waals surface area contributed by atoms with Gasteiger partial charge in [0.15, 0.2) is 0 Å². The van der Waals surface area contributed by atoms with Crippen LogP contribution < -0.4 is 10.1 Å². The van der Waals surface area contributed by atoms with E-state index in [1.807, 2.05) is 13.0 Å². The third kappa shape index (κ3) is 5.13. The van der Waals surface area contributed by atoms with Gasteiger partial charge in [0.2, 0.25) is 5.88 Å². The zero-order chi connectivity index (χ0) is 15.0. The van der Waals surface area contributed by atoms with Crippen molar-refractivity contribution in [1.82, 2.24) is 15.2 Å². The number of nitrogens with zero attached hydrogens (tertiary/aromatic N) is 2. The zero-order valence-electron chi connectivity index (χ0n) is 11.6. The number of pyridine rings is 1. The van der Waals surface area contributed by atoms with Crippen molar-refractivity contribution < 1.29 is 19.4 Å². The molecule has 0 aliphatic rings. The van der Waals surface area contributed by atoms with E-state index in [-0.39, 0.29) is 25.5 Å². The largest absolute Gasteiger partial charge is 0.481 e. The molecular formula is C13H19N3O4. The number of hydrogen-bond donors (Lipinski definition) is 2. The first-order chi connectivity index (χ1) is 9.54. The predicted molar refractivity (Wildman–Crippen MR) is 72.5 cm³/mol. The lowest BCUT2D eigenvalue weighted by Crippen LogP contribution is -2.38. The Kier molecular flexibility index (Phi) is 6.28. The van der Waals surface area contributed by atoms with Gasteiger partial charge in [-0.1, -0.05) is 6.07 Å². The number of carbonyl (C=O) groups excluding carboxylic acids is 1. The Labute approximate surface area is 117 Å². The van der Waals surface area contributed by atoms with Crippen LogP contribution >= 0.6 is 0 Å². The molecule has 1 aromatic heterocycles. The molecule has 0 aliphatic heterocycles. The van der Waals surface area contributed by atoms with E-state index in [2.05, 4.69) is 10.3 Å². The number of amides is 2. The first-order valence-corrected chi connectivity index (χ1v) is 6.32. The van der Waals surface area contributed by atoms with Gasteiger partial charge in [-0.3, -0.25) is 4.79 Å². The van der Waals surface area contributed by atoms with Crippen LogP contribution in [-0.2, 0) is 11.3 Å². The first-order valence-electron chi connectivity index (χ1n) is 6.32. The summed E-state index contributed by atoms with van der Waals surface area (Å²) in [5.41, 5.74) is 0.773. The lowest BCUT2D eigenvalue weighted by Gasteiger charge is -2.17. The molecule has 1 heterocycles. The maximum absolute atomic E-state index is 11.8. The summed E-state index contributed by atoms with van der Waals surface area (Å²) in [5.74, 6) is -0.445. The molecule has 0 aliphatic carbocycles. The normalized spacial score (nSPS) is 9.90. The zero-order valence-corrected chi connectivity index (χ0v) is 11.6. The Hall–Kier alpha value is -2.31. The number of aliphatic carboxylic acids is 1. The van der Waals surface area contributed by atoms with Crippen LogP contribution in [0, 0.1) is 0 Å². The van der Waals surface area contributed by atoms with Crippen molar-refractivity contribution >= 4 is 12.0 Å². The summed E-state index contributed by atoms with van der Waals surface area (Å²) in [4.78, 5) is 27.6. The Balaban J connectivity index is 2.50. The molecule has 0 radical (unpaired) electrons. The van der Waals surface area contributed by atoms with Crippen molar-refractivity contribution in [1.29, 1.82) is 0 Å². The van der Waals surface area contributed by atoms with Gasteiger partial charge in [0, 0.05) is 31.9 Å². The number of aromatic nitrogens is 1. The molecule has 110 valence electrons. The highest BCUT2D eigenvalue weighted by Crippen LogP contribution is 2.13. The second kappa shape index (κ2) is 7.98. The Morgan fingerprint density at radius 3 is 2.90 bits per heavy atom. The molecule has 0 fully saturated rings. The van der Waals surface area contributed by atoms with Crippen molar-refractivity contribution in [3.63, 3.8) is 0 Å². The maximum atomic E-state index is 11.8. The lowest BCUT2D eigenvalue weighted by molar-refractivity contribution is -0.137. The number of ether oxygens (including phenoxy) is 1. The van der Waals surface area contributed by atoms with Crippen LogP contribution in [0.2, 0.25) is 0 Å². The number of urea groups is 1. The molecule has 0 aromatic carbocycles. The van der Waals surface area contributed by atoms with E-state index in [9.17, 15) is 9.59 Å². The van der Waals surface area contributed by atoms with Crippen molar-refractivity contribution in [3.05, 3.63) is 23.9 Å². The van der Waals surface area contributed by atoms with Crippen LogP contribution in [0.1, 0.15) is 18.9 Å². The van der Waals surface area contributed by atoms with Crippen LogP contribution in [-0.4, -0.2) is 47.2 Å². The molecule has 2 N–H and O–H groups in total. The average molecular weight is 281 g/mol. The summed E-state index contributed by atoms with van der Waals surface area (Å²) in [5, 5.41) is 11.3. The maximum Gasteiger partial charge on any atom is 0.317 e. The highest BCUT2D eigenvalue weighted by atomic mass is 16.5. The van der Waals surface area contributed by atoms with E-state index in [0.29, 0.717) is 12.5 Å². The van der Waals surface area contributed by atoms with Gasteiger partial charge >= 0.3 is 12.0 Å². The molecule has 1 rings (SSSR count). The summed E-state index contributed by atoms with van der Waals surface area (Å²) < 4.78 is 5.35. The van der Waals surface area contributed by atoms with Crippen LogP contribution in [0.4, 0.5) is 4.79 Å². The summed E-state index contributed by atoms with van der Waals surface area (Å²) in [6.07, 6.45) is 1.54. The topological polar surface area (TPSA) is 91.8 Å². The molecule has 0 atom stereocenters. The molecule has 2 amide bonds. The Morgan fingerprint density at radius 1 is 1.50 bits per heavy atom. The third-order valence-electron chi connectivity index (χ3n) is 2.57. The van der Waals surface area contributed by atoms with Crippen LogP contribution in [0.15, 0.2) is 18.3 Å². The van der Waals surface area contributed by atoms with E-state index < -0.39 is 5.97 Å². The molecule has 0 saturated carbocycles.